The normalized spacial score (nSPS) is 9.74. The molecule has 0 saturated carbocycles. The molecule has 0 amide bonds. The van der Waals surface area contributed by atoms with E-state index in [0.29, 0.717) is 0 Å². The van der Waals surface area contributed by atoms with Gasteiger partial charge < -0.3 is 0 Å². The van der Waals surface area contributed by atoms with Crippen LogP contribution in [0.1, 0.15) is 0 Å². The van der Waals surface area contributed by atoms with Gasteiger partial charge in [-0.3, -0.25) is 0 Å². The van der Waals surface area contributed by atoms with E-state index in [0.717, 1.165) is 20.4 Å². The van der Waals surface area contributed by atoms with Crippen molar-refractivity contribution in [2.24, 2.45) is 0 Å². The van der Waals surface area contributed by atoms with Crippen molar-refractivity contribution in [3.05, 3.63) is 71.4 Å². The molecule has 0 aliphatic rings. The number of hydrogen-bond acceptors (Lipinski definition) is 7. The number of fused-ring (bicyclic) bond motifs is 2. The number of benzene rings is 2. The molecule has 2 aromatic carbocycles. The summed E-state index contributed by atoms with van der Waals surface area (Å²) < 4.78 is 9.89. The maximum absolute atomic E-state index is 3.89. The maximum Gasteiger partial charge on any atom is 0.105 e. The lowest BCUT2D eigenvalue weighted by Gasteiger charge is -1.78. The van der Waals surface area contributed by atoms with Crippen molar-refractivity contribution in [3.8, 4) is 0 Å². The van der Waals surface area contributed by atoms with Crippen LogP contribution in [0.25, 0.3) is 20.4 Å². The van der Waals surface area contributed by atoms with Gasteiger partial charge in [0, 0.05) is 0 Å². The van der Waals surface area contributed by atoms with Crippen molar-refractivity contribution in [1.29, 1.82) is 0 Å². The van der Waals surface area contributed by atoms with Crippen LogP contribution >= 0.6 is 34.4 Å². The maximum atomic E-state index is 3.89. The molecule has 23 heavy (non-hydrogen) atoms. The van der Waals surface area contributed by atoms with Crippen LogP contribution in [-0.2, 0) is 0 Å². The van der Waals surface area contributed by atoms with E-state index in [-0.39, 0.29) is 0 Å². The fourth-order valence-corrected chi connectivity index (χ4v) is 3.25. The van der Waals surface area contributed by atoms with Crippen LogP contribution in [0.15, 0.2) is 71.4 Å². The van der Waals surface area contributed by atoms with Gasteiger partial charge in [0.2, 0.25) is 0 Å². The Morgan fingerprint density at radius 2 is 1.04 bits per heavy atom. The van der Waals surface area contributed by atoms with Crippen molar-refractivity contribution in [2.75, 3.05) is 0 Å². The first-order chi connectivity index (χ1) is 11.4. The summed E-state index contributed by atoms with van der Waals surface area (Å²) >= 11 is 4.57. The van der Waals surface area contributed by atoms with E-state index in [2.05, 4.69) is 19.2 Å². The van der Waals surface area contributed by atoms with Gasteiger partial charge in [0.15, 0.2) is 0 Å². The minimum Gasteiger partial charge on any atom is -0.152 e. The highest BCUT2D eigenvalue weighted by Crippen LogP contribution is 2.13. The first kappa shape index (κ1) is 15.7. The van der Waals surface area contributed by atoms with Gasteiger partial charge in [0.1, 0.15) is 11.0 Å². The molecule has 0 aliphatic heterocycles. The molecule has 0 radical (unpaired) electrons. The molecule has 7 heteroatoms. The summed E-state index contributed by atoms with van der Waals surface area (Å²) in [6.07, 6.45) is 0. The van der Waals surface area contributed by atoms with Crippen molar-refractivity contribution in [2.45, 2.75) is 0 Å². The quantitative estimate of drug-likeness (QED) is 0.386. The van der Waals surface area contributed by atoms with Gasteiger partial charge in [0.25, 0.3) is 0 Å². The Bertz CT molecular complexity index is 800. The predicted octanol–water partition coefficient (Wildman–Crippen LogP) is 5.13. The average Bonchev–Trinajstić information content (AvgIpc) is 3.37. The third-order valence-electron chi connectivity index (χ3n) is 2.73. The van der Waals surface area contributed by atoms with Gasteiger partial charge in [-0.2, -0.15) is 11.3 Å². The molecular weight excluding hydrogens is 344 g/mol. The van der Waals surface area contributed by atoms with E-state index in [1.54, 1.807) is 11.3 Å². The van der Waals surface area contributed by atoms with E-state index < -0.39 is 0 Å². The summed E-state index contributed by atoms with van der Waals surface area (Å²) in [5.41, 5.74) is 1.98. The molecule has 3 heterocycles. The summed E-state index contributed by atoms with van der Waals surface area (Å²) in [4.78, 5) is 0. The lowest BCUT2D eigenvalue weighted by atomic mass is 10.3. The third kappa shape index (κ3) is 4.62. The van der Waals surface area contributed by atoms with Crippen LogP contribution in [0.5, 0.6) is 0 Å². The molecule has 0 bridgehead atoms. The molecule has 5 aromatic rings. The van der Waals surface area contributed by atoms with E-state index in [4.69, 9.17) is 0 Å². The molecule has 0 saturated heterocycles. The van der Waals surface area contributed by atoms with Gasteiger partial charge in [-0.1, -0.05) is 45.4 Å². The Kier molecular flexibility index (Phi) is 5.74. The first-order valence-electron chi connectivity index (χ1n) is 6.75. The van der Waals surface area contributed by atoms with Gasteiger partial charge in [-0.15, -0.1) is 10.2 Å². The lowest BCUT2D eigenvalue weighted by molar-refractivity contribution is 1.20. The van der Waals surface area contributed by atoms with Gasteiger partial charge in [-0.25, -0.2) is 0 Å². The second-order valence-corrected chi connectivity index (χ2v) is 6.66. The minimum absolute atomic E-state index is 0.988. The molecule has 0 unspecified atom stereocenters. The first-order valence-corrected chi connectivity index (χ1v) is 9.24. The van der Waals surface area contributed by atoms with Gasteiger partial charge in [0.05, 0.1) is 9.40 Å². The van der Waals surface area contributed by atoms with Gasteiger partial charge in [-0.05, 0) is 58.1 Å². The Morgan fingerprint density at radius 1 is 0.565 bits per heavy atom. The smallest absolute Gasteiger partial charge is 0.105 e. The second-order valence-electron chi connectivity index (χ2n) is 4.27. The highest BCUT2D eigenvalue weighted by molar-refractivity contribution is 7.13. The Balaban J connectivity index is 0.000000107. The monoisotopic (exact) mass is 356 g/mol. The summed E-state index contributed by atoms with van der Waals surface area (Å²) in [5, 5.41) is 11.9. The fraction of sp³-hybridized carbons (Fsp3) is 0. The van der Waals surface area contributed by atoms with Crippen LogP contribution in [0.3, 0.4) is 0 Å². The van der Waals surface area contributed by atoms with Crippen LogP contribution in [0.2, 0.25) is 0 Å². The van der Waals surface area contributed by atoms with E-state index in [1.807, 2.05) is 71.4 Å². The Hall–Kier alpha value is -2.22. The number of thiophene rings is 1. The zero-order valence-electron chi connectivity index (χ0n) is 11.9. The highest BCUT2D eigenvalue weighted by Gasteiger charge is 1.92. The van der Waals surface area contributed by atoms with Crippen molar-refractivity contribution in [3.63, 3.8) is 0 Å². The van der Waals surface area contributed by atoms with Crippen molar-refractivity contribution in [1.82, 2.24) is 19.2 Å². The Morgan fingerprint density at radius 3 is 1.43 bits per heavy atom. The molecular formula is C16H12N4S3. The highest BCUT2D eigenvalue weighted by atomic mass is 32.1. The van der Waals surface area contributed by atoms with Crippen LogP contribution in [0, 0.1) is 0 Å². The summed E-state index contributed by atoms with van der Waals surface area (Å²) in [6.45, 7) is 0. The minimum atomic E-state index is 0.988. The molecule has 5 rings (SSSR count). The van der Waals surface area contributed by atoms with Crippen molar-refractivity contribution >= 4 is 54.8 Å². The second kappa shape index (κ2) is 8.42. The van der Waals surface area contributed by atoms with E-state index in [9.17, 15) is 0 Å². The van der Waals surface area contributed by atoms with Crippen LogP contribution in [0.4, 0.5) is 0 Å². The molecule has 0 fully saturated rings. The molecule has 4 nitrogen and oxygen atoms in total. The molecule has 0 atom stereocenters. The average molecular weight is 357 g/mol. The standard InChI is InChI=1S/2C6H4N2S.C4H4S/c2*1-2-4-6-5(3-1)7-8-9-6;1-2-4-5-3-1/h2*1-4H;1-4H. The molecule has 0 N–H and O–H groups in total. The number of hydrogen-bond donors (Lipinski definition) is 0. The van der Waals surface area contributed by atoms with E-state index >= 15 is 0 Å². The summed E-state index contributed by atoms with van der Waals surface area (Å²) in [5.74, 6) is 0. The molecule has 0 aliphatic carbocycles. The largest absolute Gasteiger partial charge is 0.152 e. The fourth-order valence-electron chi connectivity index (χ4n) is 1.68. The van der Waals surface area contributed by atoms with Gasteiger partial charge >= 0.3 is 0 Å². The molecule has 114 valence electrons. The topological polar surface area (TPSA) is 51.6 Å². The lowest BCUT2D eigenvalue weighted by Crippen LogP contribution is -1.63. The summed E-state index contributed by atoms with van der Waals surface area (Å²) in [6, 6.07) is 19.9. The zero-order valence-corrected chi connectivity index (χ0v) is 14.4. The Labute approximate surface area is 145 Å². The molecule has 3 aromatic heterocycles. The zero-order chi connectivity index (χ0) is 15.7. The van der Waals surface area contributed by atoms with Crippen molar-refractivity contribution < 1.29 is 0 Å². The third-order valence-corrected chi connectivity index (χ3v) is 4.77. The number of aromatic nitrogens is 4. The predicted molar refractivity (Wildman–Crippen MR) is 99.1 cm³/mol. The molecule has 0 spiro atoms. The van der Waals surface area contributed by atoms with E-state index in [1.165, 1.54) is 23.1 Å². The van der Waals surface area contributed by atoms with Crippen LogP contribution in [-0.4, -0.2) is 19.2 Å². The number of nitrogens with zero attached hydrogens (tertiary/aromatic N) is 4. The summed E-state index contributed by atoms with van der Waals surface area (Å²) in [7, 11) is 0. The van der Waals surface area contributed by atoms with Crippen LogP contribution < -0.4 is 0 Å². The number of rotatable bonds is 0. The SMILES string of the molecule is c1ccc2snnc2c1.c1ccc2snnc2c1.c1ccsc1.